The number of carbonyl (C=O) groups excluding carboxylic acids is 2. The van der Waals surface area contributed by atoms with Crippen molar-refractivity contribution in [3.63, 3.8) is 0 Å². The van der Waals surface area contributed by atoms with Crippen LogP contribution in [0.25, 0.3) is 0 Å². The van der Waals surface area contributed by atoms with Crippen LogP contribution < -0.4 is 0 Å². The maximum Gasteiger partial charge on any atom is 0.355 e. The normalized spacial score (nSPS) is 19.3. The zero-order valence-electron chi connectivity index (χ0n) is 10.8. The monoisotopic (exact) mass is 284 g/mol. The van der Waals surface area contributed by atoms with Crippen molar-refractivity contribution in [2.75, 3.05) is 19.7 Å². The fraction of sp³-hybridized carbons (Fsp3) is 0.538. The molecule has 2 rings (SSSR count). The number of halogens is 1. The molecule has 1 saturated heterocycles. The highest BCUT2D eigenvalue weighted by Crippen LogP contribution is 2.15. The summed E-state index contributed by atoms with van der Waals surface area (Å²) in [5, 5.41) is 0.433. The zero-order chi connectivity index (χ0) is 13.8. The highest BCUT2D eigenvalue weighted by atomic mass is 35.5. The molecule has 0 aliphatic carbocycles. The third-order valence-corrected chi connectivity index (χ3v) is 3.42. The number of nitrogens with one attached hydrogen (secondary N) is 1. The van der Waals surface area contributed by atoms with Gasteiger partial charge >= 0.3 is 5.97 Å². The highest BCUT2D eigenvalue weighted by molar-refractivity contribution is 6.30. The summed E-state index contributed by atoms with van der Waals surface area (Å²) < 4.78 is 4.97. The molecule has 0 saturated carbocycles. The average molecular weight is 285 g/mol. The molecule has 1 atom stereocenters. The van der Waals surface area contributed by atoms with Crippen molar-refractivity contribution in [2.45, 2.75) is 19.8 Å². The van der Waals surface area contributed by atoms with Crippen LogP contribution >= 0.6 is 11.6 Å². The molecule has 1 fully saturated rings. The van der Waals surface area contributed by atoms with Gasteiger partial charge in [-0.2, -0.15) is 0 Å². The number of esters is 1. The van der Waals surface area contributed by atoms with E-state index in [1.165, 1.54) is 12.3 Å². The Morgan fingerprint density at radius 3 is 3.00 bits per heavy atom. The van der Waals surface area contributed by atoms with Gasteiger partial charge in [0.05, 0.1) is 5.02 Å². The maximum absolute atomic E-state index is 11.9. The lowest BCUT2D eigenvalue weighted by atomic mass is 10.0. The molecule has 5 nitrogen and oxygen atoms in total. The molecule has 1 aromatic rings. The van der Waals surface area contributed by atoms with Crippen molar-refractivity contribution in [2.24, 2.45) is 5.92 Å². The van der Waals surface area contributed by atoms with E-state index in [1.807, 2.05) is 0 Å². The van der Waals surface area contributed by atoms with Gasteiger partial charge in [-0.25, -0.2) is 4.79 Å². The third kappa shape index (κ3) is 3.73. The molecule has 6 heteroatoms. The summed E-state index contributed by atoms with van der Waals surface area (Å²) in [6.07, 6.45) is 3.64. The maximum atomic E-state index is 11.9. The lowest BCUT2D eigenvalue weighted by molar-refractivity contribution is -0.136. The number of aromatic nitrogens is 1. The van der Waals surface area contributed by atoms with E-state index < -0.39 is 5.97 Å². The molecule has 2 heterocycles. The van der Waals surface area contributed by atoms with Crippen molar-refractivity contribution in [1.29, 1.82) is 0 Å². The van der Waals surface area contributed by atoms with Gasteiger partial charge in [-0.15, -0.1) is 0 Å². The number of hydrogen-bond donors (Lipinski definition) is 1. The summed E-state index contributed by atoms with van der Waals surface area (Å²) in [6, 6.07) is 1.47. The number of piperidine rings is 1. The van der Waals surface area contributed by atoms with E-state index in [0.29, 0.717) is 10.9 Å². The first kappa shape index (κ1) is 13.9. The average Bonchev–Trinajstić information content (AvgIpc) is 2.82. The zero-order valence-corrected chi connectivity index (χ0v) is 11.6. The Morgan fingerprint density at radius 1 is 1.58 bits per heavy atom. The molecular formula is C13H17ClN2O3. The molecule has 1 aromatic heterocycles. The molecule has 0 spiro atoms. The van der Waals surface area contributed by atoms with Gasteiger partial charge < -0.3 is 14.6 Å². The van der Waals surface area contributed by atoms with Crippen molar-refractivity contribution >= 4 is 23.5 Å². The molecule has 0 aromatic carbocycles. The first-order chi connectivity index (χ1) is 9.06. The molecule has 0 bridgehead atoms. The number of rotatable bonds is 3. The van der Waals surface area contributed by atoms with E-state index in [9.17, 15) is 9.59 Å². The summed E-state index contributed by atoms with van der Waals surface area (Å²) in [7, 11) is 0. The third-order valence-electron chi connectivity index (χ3n) is 3.20. The molecule has 0 radical (unpaired) electrons. The largest absolute Gasteiger partial charge is 0.451 e. The van der Waals surface area contributed by atoms with Gasteiger partial charge in [0.1, 0.15) is 5.69 Å². The number of likely N-dealkylation sites (tertiary alicyclic amines) is 1. The molecule has 1 amide bonds. The standard InChI is InChI=1S/C13H17ClN2O3/c1-9-3-2-4-16(7-9)12(17)8-19-13(18)11-5-10(14)6-15-11/h5-6,9,15H,2-4,7-8H2,1H3/t9-/m1/s1. The molecule has 1 aliphatic rings. The van der Waals surface area contributed by atoms with Crippen LogP contribution in [0.4, 0.5) is 0 Å². The fourth-order valence-electron chi connectivity index (χ4n) is 2.20. The molecule has 0 unspecified atom stereocenters. The number of ether oxygens (including phenoxy) is 1. The van der Waals surface area contributed by atoms with Crippen LogP contribution in [0.3, 0.4) is 0 Å². The molecule has 19 heavy (non-hydrogen) atoms. The van der Waals surface area contributed by atoms with Crippen molar-refractivity contribution < 1.29 is 14.3 Å². The second kappa shape index (κ2) is 6.10. The minimum absolute atomic E-state index is 0.141. The quantitative estimate of drug-likeness (QED) is 0.865. The van der Waals surface area contributed by atoms with E-state index >= 15 is 0 Å². The topological polar surface area (TPSA) is 62.4 Å². The van der Waals surface area contributed by atoms with E-state index in [-0.39, 0.29) is 18.2 Å². The Morgan fingerprint density at radius 2 is 2.37 bits per heavy atom. The van der Waals surface area contributed by atoms with Gasteiger partial charge in [0, 0.05) is 19.3 Å². The van der Waals surface area contributed by atoms with Crippen LogP contribution in [0.5, 0.6) is 0 Å². The van der Waals surface area contributed by atoms with E-state index in [0.717, 1.165) is 25.9 Å². The smallest absolute Gasteiger partial charge is 0.355 e. The van der Waals surface area contributed by atoms with Gasteiger partial charge in [0.2, 0.25) is 0 Å². The lowest BCUT2D eigenvalue weighted by Crippen LogP contribution is -2.41. The summed E-state index contributed by atoms with van der Waals surface area (Å²) in [5.41, 5.74) is 0.254. The molecule has 1 aliphatic heterocycles. The summed E-state index contributed by atoms with van der Waals surface area (Å²) in [4.78, 5) is 28.0. The Bertz CT molecular complexity index is 472. The minimum Gasteiger partial charge on any atom is -0.451 e. The Hall–Kier alpha value is -1.49. The van der Waals surface area contributed by atoms with E-state index in [4.69, 9.17) is 16.3 Å². The second-order valence-electron chi connectivity index (χ2n) is 4.89. The van der Waals surface area contributed by atoms with Crippen LogP contribution in [-0.2, 0) is 9.53 Å². The molecular weight excluding hydrogens is 268 g/mol. The van der Waals surface area contributed by atoms with Crippen LogP contribution in [0.15, 0.2) is 12.3 Å². The van der Waals surface area contributed by atoms with Crippen LogP contribution in [-0.4, -0.2) is 41.5 Å². The van der Waals surface area contributed by atoms with Crippen LogP contribution in [0.2, 0.25) is 5.02 Å². The fourth-order valence-corrected chi connectivity index (χ4v) is 2.36. The van der Waals surface area contributed by atoms with Gasteiger partial charge in [0.15, 0.2) is 6.61 Å². The van der Waals surface area contributed by atoms with Crippen molar-refractivity contribution in [3.05, 3.63) is 23.0 Å². The summed E-state index contributed by atoms with van der Waals surface area (Å²) in [6.45, 7) is 3.38. The summed E-state index contributed by atoms with van der Waals surface area (Å²) in [5.74, 6) is -0.196. The number of aromatic amines is 1. The predicted molar refractivity (Wildman–Crippen MR) is 71.1 cm³/mol. The van der Waals surface area contributed by atoms with Gasteiger partial charge in [-0.3, -0.25) is 4.79 Å². The van der Waals surface area contributed by atoms with Gasteiger partial charge in [0.25, 0.3) is 5.91 Å². The molecule has 1 N–H and O–H groups in total. The van der Waals surface area contributed by atoms with Crippen molar-refractivity contribution in [3.8, 4) is 0 Å². The van der Waals surface area contributed by atoms with Gasteiger partial charge in [-0.1, -0.05) is 18.5 Å². The number of amides is 1. The second-order valence-corrected chi connectivity index (χ2v) is 5.33. The van der Waals surface area contributed by atoms with Crippen molar-refractivity contribution in [1.82, 2.24) is 9.88 Å². The molecule has 104 valence electrons. The predicted octanol–water partition coefficient (Wildman–Crippen LogP) is 2.08. The number of hydrogen-bond acceptors (Lipinski definition) is 3. The first-order valence-corrected chi connectivity index (χ1v) is 6.73. The number of carbonyl (C=O) groups is 2. The Kier molecular flexibility index (Phi) is 4.47. The SMILES string of the molecule is C[C@@H]1CCCN(C(=O)COC(=O)c2cc(Cl)c[nH]2)C1. The lowest BCUT2D eigenvalue weighted by Gasteiger charge is -2.30. The summed E-state index contributed by atoms with van der Waals surface area (Å²) >= 11 is 5.69. The Balaban J connectivity index is 1.81. The van der Waals surface area contributed by atoms with Crippen LogP contribution in [0, 0.1) is 5.92 Å². The van der Waals surface area contributed by atoms with Crippen LogP contribution in [0.1, 0.15) is 30.3 Å². The highest BCUT2D eigenvalue weighted by Gasteiger charge is 2.22. The minimum atomic E-state index is -0.565. The number of nitrogens with zero attached hydrogens (tertiary/aromatic N) is 1. The Labute approximate surface area is 116 Å². The van der Waals surface area contributed by atoms with E-state index in [1.54, 1.807) is 4.90 Å². The van der Waals surface area contributed by atoms with Gasteiger partial charge in [-0.05, 0) is 24.8 Å². The van der Waals surface area contributed by atoms with E-state index in [2.05, 4.69) is 11.9 Å². The number of H-pyrrole nitrogens is 1. The first-order valence-electron chi connectivity index (χ1n) is 6.35.